The number of primary amides is 3. The van der Waals surface area contributed by atoms with Gasteiger partial charge in [-0.3, -0.25) is 0 Å². The Morgan fingerprint density at radius 1 is 1.00 bits per heavy atom. The van der Waals surface area contributed by atoms with Crippen LogP contribution < -0.4 is 22.5 Å². The standard InChI is InChI=1S/C5H12N2O.C3H7ClN2O.C3H8N2O/c1-3-7(4-2)5(6)8;4-1-2-6-3(5)7;1-5(2)3(4)6/h3-4H2,1-2H3,(H2,6,8);1-2H2,(H3,5,6,7);1-2H3,(H2,4,6). The summed E-state index contributed by atoms with van der Waals surface area (Å²) in [5.74, 6) is 0.406. The quantitative estimate of drug-likeness (QED) is 0.536. The SMILES string of the molecule is CCN(CC)C(N)=O.CN(C)C(N)=O.NC(=O)NCCCl. The Hall–Kier alpha value is -1.90. The molecule has 0 aliphatic carbocycles. The fraction of sp³-hybridized carbons (Fsp3) is 0.727. The molecule has 0 radical (unpaired) electrons. The maximum Gasteiger partial charge on any atom is 0.314 e. The van der Waals surface area contributed by atoms with Gasteiger partial charge in [-0.2, -0.15) is 0 Å². The number of nitrogens with two attached hydrogens (primary N) is 3. The first kappa shape index (κ1) is 24.1. The molecule has 9 nitrogen and oxygen atoms in total. The lowest BCUT2D eigenvalue weighted by molar-refractivity contribution is 0.213. The van der Waals surface area contributed by atoms with Crippen molar-refractivity contribution >= 4 is 29.7 Å². The molecule has 0 aromatic rings. The maximum absolute atomic E-state index is 10.3. The number of hydrogen-bond acceptors (Lipinski definition) is 3. The molecule has 0 saturated heterocycles. The van der Waals surface area contributed by atoms with E-state index in [4.69, 9.17) is 23.1 Å². The van der Waals surface area contributed by atoms with Crippen LogP contribution in [-0.2, 0) is 0 Å². The molecule has 0 heterocycles. The lowest BCUT2D eigenvalue weighted by Crippen LogP contribution is -2.35. The molecule has 126 valence electrons. The topological polar surface area (TPSA) is 148 Å². The van der Waals surface area contributed by atoms with E-state index in [0.717, 1.165) is 0 Å². The number of halogens is 1. The Kier molecular flexibility index (Phi) is 18.6. The fourth-order valence-electron chi connectivity index (χ4n) is 0.706. The van der Waals surface area contributed by atoms with Crippen molar-refractivity contribution in [2.24, 2.45) is 17.2 Å². The van der Waals surface area contributed by atoms with Gasteiger partial charge in [0.25, 0.3) is 0 Å². The zero-order chi connectivity index (χ0) is 17.4. The van der Waals surface area contributed by atoms with Crippen molar-refractivity contribution < 1.29 is 14.4 Å². The summed E-state index contributed by atoms with van der Waals surface area (Å²) in [5.41, 5.74) is 14.3. The average Bonchev–Trinajstić information content (AvgIpc) is 2.38. The lowest BCUT2D eigenvalue weighted by atomic mass is 10.5. The molecule has 0 spiro atoms. The molecule has 0 atom stereocenters. The van der Waals surface area contributed by atoms with Gasteiger partial charge in [-0.15, -0.1) is 11.6 Å². The zero-order valence-corrected chi connectivity index (χ0v) is 13.8. The van der Waals surface area contributed by atoms with Gasteiger partial charge in [0.15, 0.2) is 0 Å². The minimum atomic E-state index is -0.527. The van der Waals surface area contributed by atoms with Gasteiger partial charge in [0, 0.05) is 39.6 Å². The molecule has 0 unspecified atom stereocenters. The van der Waals surface area contributed by atoms with Crippen LogP contribution >= 0.6 is 11.6 Å². The van der Waals surface area contributed by atoms with Crippen LogP contribution in [0.1, 0.15) is 13.8 Å². The Balaban J connectivity index is -0.000000234. The van der Waals surface area contributed by atoms with Gasteiger partial charge in [-0.25, -0.2) is 14.4 Å². The highest BCUT2D eigenvalue weighted by atomic mass is 35.5. The first-order valence-corrected chi connectivity index (χ1v) is 6.77. The smallest absolute Gasteiger partial charge is 0.314 e. The Morgan fingerprint density at radius 2 is 1.38 bits per heavy atom. The molecule has 21 heavy (non-hydrogen) atoms. The molecule has 0 aromatic carbocycles. The van der Waals surface area contributed by atoms with Crippen LogP contribution in [0.15, 0.2) is 0 Å². The molecule has 0 bridgehead atoms. The monoisotopic (exact) mass is 326 g/mol. The number of nitrogens with one attached hydrogen (secondary N) is 1. The number of rotatable bonds is 4. The van der Waals surface area contributed by atoms with E-state index in [1.165, 1.54) is 4.90 Å². The number of alkyl halides is 1. The van der Waals surface area contributed by atoms with Gasteiger partial charge < -0.3 is 32.3 Å². The van der Waals surface area contributed by atoms with Crippen LogP contribution in [-0.4, -0.2) is 67.5 Å². The number of urea groups is 3. The third kappa shape index (κ3) is 23.6. The fourth-order valence-corrected chi connectivity index (χ4v) is 0.800. The van der Waals surface area contributed by atoms with E-state index < -0.39 is 12.1 Å². The summed E-state index contributed by atoms with van der Waals surface area (Å²) in [4.78, 5) is 32.8. The molecule has 0 rings (SSSR count). The van der Waals surface area contributed by atoms with Crippen molar-refractivity contribution in [3.05, 3.63) is 0 Å². The highest BCUT2D eigenvalue weighted by Gasteiger charge is 2.00. The second-order valence-electron chi connectivity index (χ2n) is 3.72. The third-order valence-electron chi connectivity index (χ3n) is 1.91. The van der Waals surface area contributed by atoms with E-state index in [1.54, 1.807) is 19.0 Å². The minimum absolute atomic E-state index is 0.338. The molecule has 7 N–H and O–H groups in total. The first-order chi connectivity index (χ1) is 9.63. The summed E-state index contributed by atoms with van der Waals surface area (Å²) in [6.07, 6.45) is 0. The number of carbonyl (C=O) groups excluding carboxylic acids is 3. The molecular weight excluding hydrogens is 300 g/mol. The Labute approximate surface area is 130 Å². The number of carbonyl (C=O) groups is 3. The van der Waals surface area contributed by atoms with Gasteiger partial charge in [0.05, 0.1) is 0 Å². The van der Waals surface area contributed by atoms with Crippen LogP contribution in [0.3, 0.4) is 0 Å². The summed E-state index contributed by atoms with van der Waals surface area (Å²) in [6.45, 7) is 5.64. The predicted molar refractivity (Wildman–Crippen MR) is 84.1 cm³/mol. The molecular formula is C11H27ClN6O3. The van der Waals surface area contributed by atoms with Crippen LogP contribution in [0, 0.1) is 0 Å². The molecule has 6 amide bonds. The van der Waals surface area contributed by atoms with E-state index in [-0.39, 0.29) is 6.03 Å². The third-order valence-corrected chi connectivity index (χ3v) is 2.10. The molecule has 0 fully saturated rings. The summed E-state index contributed by atoms with van der Waals surface area (Å²) in [5, 5.41) is 2.30. The van der Waals surface area contributed by atoms with Crippen molar-refractivity contribution in [3.8, 4) is 0 Å². The highest BCUT2D eigenvalue weighted by molar-refractivity contribution is 6.18. The molecule has 0 aliphatic heterocycles. The van der Waals surface area contributed by atoms with Crippen LogP contribution in [0.25, 0.3) is 0 Å². The van der Waals surface area contributed by atoms with Crippen molar-refractivity contribution in [2.75, 3.05) is 39.6 Å². The lowest BCUT2D eigenvalue weighted by Gasteiger charge is -2.13. The van der Waals surface area contributed by atoms with Gasteiger partial charge in [-0.1, -0.05) is 0 Å². The van der Waals surface area contributed by atoms with E-state index in [2.05, 4.69) is 11.1 Å². The van der Waals surface area contributed by atoms with Crippen LogP contribution in [0.2, 0.25) is 0 Å². The van der Waals surface area contributed by atoms with E-state index in [1.807, 2.05) is 13.8 Å². The van der Waals surface area contributed by atoms with E-state index in [9.17, 15) is 14.4 Å². The number of hydrogen-bond donors (Lipinski definition) is 4. The van der Waals surface area contributed by atoms with Crippen LogP contribution in [0.5, 0.6) is 0 Å². The second kappa shape index (κ2) is 16.2. The van der Waals surface area contributed by atoms with Crippen molar-refractivity contribution in [2.45, 2.75) is 13.8 Å². The van der Waals surface area contributed by atoms with Gasteiger partial charge in [0.1, 0.15) is 0 Å². The largest absolute Gasteiger partial charge is 0.352 e. The molecule has 0 aliphatic rings. The number of amides is 6. The first-order valence-electron chi connectivity index (χ1n) is 6.24. The van der Waals surface area contributed by atoms with Crippen LogP contribution in [0.4, 0.5) is 14.4 Å². The van der Waals surface area contributed by atoms with Gasteiger partial charge in [0.2, 0.25) is 0 Å². The summed E-state index contributed by atoms with van der Waals surface area (Å²) in [7, 11) is 3.20. The average molecular weight is 327 g/mol. The zero-order valence-electron chi connectivity index (χ0n) is 13.1. The molecule has 10 heteroatoms. The number of nitrogens with zero attached hydrogens (tertiary/aromatic N) is 2. The molecule has 0 aromatic heterocycles. The Bertz CT molecular complexity index is 298. The van der Waals surface area contributed by atoms with Gasteiger partial charge in [-0.05, 0) is 13.8 Å². The van der Waals surface area contributed by atoms with Gasteiger partial charge >= 0.3 is 18.1 Å². The van der Waals surface area contributed by atoms with Crippen molar-refractivity contribution in [3.63, 3.8) is 0 Å². The summed E-state index contributed by atoms with van der Waals surface area (Å²) < 4.78 is 0. The predicted octanol–water partition coefficient (Wildman–Crippen LogP) is -0.0729. The summed E-state index contributed by atoms with van der Waals surface area (Å²) >= 11 is 5.18. The minimum Gasteiger partial charge on any atom is -0.352 e. The maximum atomic E-state index is 10.3. The van der Waals surface area contributed by atoms with Crippen molar-refractivity contribution in [1.29, 1.82) is 0 Å². The highest BCUT2D eigenvalue weighted by Crippen LogP contribution is 1.82. The van der Waals surface area contributed by atoms with Crippen molar-refractivity contribution in [1.82, 2.24) is 15.1 Å². The van der Waals surface area contributed by atoms with E-state index in [0.29, 0.717) is 25.5 Å². The molecule has 0 saturated carbocycles. The Morgan fingerprint density at radius 3 is 1.43 bits per heavy atom. The second-order valence-corrected chi connectivity index (χ2v) is 4.10. The van der Waals surface area contributed by atoms with E-state index >= 15 is 0 Å². The summed E-state index contributed by atoms with van der Waals surface area (Å²) in [6, 6.07) is -1.27. The normalized spacial score (nSPS) is 8.24.